The summed E-state index contributed by atoms with van der Waals surface area (Å²) in [5.74, 6) is 1.38. The van der Waals surface area contributed by atoms with Gasteiger partial charge in [-0.2, -0.15) is 0 Å². The number of nitrogens with zero attached hydrogens (tertiary/aromatic N) is 3. The van der Waals surface area contributed by atoms with Gasteiger partial charge in [0, 0.05) is 38.0 Å². The molecular formula is C28H28ClN3O3. The molecule has 1 amide bonds. The number of aryl methyl sites for hydroxylation is 1. The Morgan fingerprint density at radius 3 is 2.43 bits per heavy atom. The molecule has 2 aromatic carbocycles. The zero-order valence-electron chi connectivity index (χ0n) is 20.0. The summed E-state index contributed by atoms with van der Waals surface area (Å²) in [6.45, 7) is 1.20. The van der Waals surface area contributed by atoms with Crippen LogP contribution in [0.15, 0.2) is 66.9 Å². The molecule has 0 unspecified atom stereocenters. The average molecular weight is 490 g/mol. The molecule has 0 atom stereocenters. The minimum atomic E-state index is -0.0209. The van der Waals surface area contributed by atoms with Crippen LogP contribution in [0.5, 0.6) is 11.5 Å². The fourth-order valence-electron chi connectivity index (χ4n) is 4.72. The standard InChI is InChI=1S/C28H27N3O3.ClH/c1-30-23-10-7-14-29-27(23)22(28(30)19-8-5-4-6-9-19)11-12-26(32)31-15-13-20-16-24(33-2)25(34-3)17-21(20)18-31;/h4-12,14,16-17H,13,15,18H2,1-3H3;1H. The van der Waals surface area contributed by atoms with E-state index in [-0.39, 0.29) is 18.3 Å². The zero-order valence-corrected chi connectivity index (χ0v) is 20.8. The van der Waals surface area contributed by atoms with Gasteiger partial charge in [0.2, 0.25) is 5.91 Å². The van der Waals surface area contributed by atoms with Crippen molar-refractivity contribution < 1.29 is 14.3 Å². The van der Waals surface area contributed by atoms with Crippen molar-refractivity contribution in [1.82, 2.24) is 14.5 Å². The van der Waals surface area contributed by atoms with Crippen molar-refractivity contribution in [3.05, 3.63) is 83.6 Å². The molecule has 4 aromatic rings. The van der Waals surface area contributed by atoms with E-state index in [1.807, 2.05) is 54.4 Å². The number of halogens is 1. The van der Waals surface area contributed by atoms with Gasteiger partial charge in [0.15, 0.2) is 11.5 Å². The van der Waals surface area contributed by atoms with Gasteiger partial charge in [-0.05, 0) is 53.5 Å². The summed E-state index contributed by atoms with van der Waals surface area (Å²) in [6, 6.07) is 18.2. The van der Waals surface area contributed by atoms with Gasteiger partial charge in [0.05, 0.1) is 30.9 Å². The molecule has 7 heteroatoms. The summed E-state index contributed by atoms with van der Waals surface area (Å²) in [5.41, 5.74) is 7.26. The molecule has 0 spiro atoms. The van der Waals surface area contributed by atoms with E-state index in [4.69, 9.17) is 9.47 Å². The van der Waals surface area contributed by atoms with Gasteiger partial charge in [-0.3, -0.25) is 9.78 Å². The molecule has 2 aromatic heterocycles. The van der Waals surface area contributed by atoms with Crippen LogP contribution in [0.25, 0.3) is 28.4 Å². The van der Waals surface area contributed by atoms with Crippen LogP contribution < -0.4 is 9.47 Å². The first-order chi connectivity index (χ1) is 16.6. The Hall–Kier alpha value is -3.77. The van der Waals surface area contributed by atoms with Crippen LogP contribution in [0.4, 0.5) is 0 Å². The predicted molar refractivity (Wildman–Crippen MR) is 141 cm³/mol. The molecule has 0 aliphatic carbocycles. The van der Waals surface area contributed by atoms with E-state index < -0.39 is 0 Å². The fraction of sp³-hybridized carbons (Fsp3) is 0.214. The molecule has 0 radical (unpaired) electrons. The monoisotopic (exact) mass is 489 g/mol. The second kappa shape index (κ2) is 10.2. The van der Waals surface area contributed by atoms with Crippen molar-refractivity contribution >= 4 is 35.4 Å². The van der Waals surface area contributed by atoms with Crippen LogP contribution in [0.3, 0.4) is 0 Å². The highest BCUT2D eigenvalue weighted by molar-refractivity contribution is 5.99. The van der Waals surface area contributed by atoms with Gasteiger partial charge in [-0.25, -0.2) is 0 Å². The van der Waals surface area contributed by atoms with Crippen molar-refractivity contribution in [2.45, 2.75) is 13.0 Å². The Morgan fingerprint density at radius 1 is 1.00 bits per heavy atom. The van der Waals surface area contributed by atoms with Crippen molar-refractivity contribution in [2.24, 2.45) is 7.05 Å². The van der Waals surface area contributed by atoms with Crippen molar-refractivity contribution in [3.63, 3.8) is 0 Å². The minimum absolute atomic E-state index is 0. The SMILES string of the molecule is COc1cc2c(cc1OC)CN(C(=O)C=Cc1c(-c3ccccc3)n(C)c3cccnc13)CC2.Cl. The van der Waals surface area contributed by atoms with Crippen LogP contribution in [-0.4, -0.2) is 41.1 Å². The summed E-state index contributed by atoms with van der Waals surface area (Å²) in [6.07, 6.45) is 6.14. The normalized spacial score (nSPS) is 12.9. The van der Waals surface area contributed by atoms with E-state index in [9.17, 15) is 4.79 Å². The van der Waals surface area contributed by atoms with Crippen LogP contribution in [-0.2, 0) is 24.8 Å². The van der Waals surface area contributed by atoms with E-state index in [1.165, 1.54) is 5.56 Å². The van der Waals surface area contributed by atoms with E-state index in [0.717, 1.165) is 45.6 Å². The third-order valence-electron chi connectivity index (χ3n) is 6.46. The van der Waals surface area contributed by atoms with E-state index in [1.54, 1.807) is 26.5 Å². The number of fused-ring (bicyclic) bond motifs is 2. The number of aromatic nitrogens is 2. The maximum absolute atomic E-state index is 13.2. The molecule has 0 N–H and O–H groups in total. The third-order valence-corrected chi connectivity index (χ3v) is 6.46. The Morgan fingerprint density at radius 2 is 1.71 bits per heavy atom. The van der Waals surface area contributed by atoms with E-state index in [2.05, 4.69) is 27.8 Å². The molecule has 0 saturated carbocycles. The number of benzene rings is 2. The number of ether oxygens (including phenoxy) is 2. The lowest BCUT2D eigenvalue weighted by molar-refractivity contribution is -0.126. The zero-order chi connectivity index (χ0) is 23.7. The molecule has 35 heavy (non-hydrogen) atoms. The van der Waals surface area contributed by atoms with Crippen molar-refractivity contribution in [1.29, 1.82) is 0 Å². The maximum atomic E-state index is 13.2. The van der Waals surface area contributed by atoms with Gasteiger partial charge >= 0.3 is 0 Å². The molecule has 0 fully saturated rings. The van der Waals surface area contributed by atoms with Crippen LogP contribution >= 0.6 is 12.4 Å². The number of pyridine rings is 1. The molecule has 6 nitrogen and oxygen atoms in total. The molecule has 1 aliphatic rings. The van der Waals surface area contributed by atoms with Crippen molar-refractivity contribution in [3.8, 4) is 22.8 Å². The summed E-state index contributed by atoms with van der Waals surface area (Å²) < 4.78 is 13.0. The van der Waals surface area contributed by atoms with Gasteiger partial charge < -0.3 is 18.9 Å². The summed E-state index contributed by atoms with van der Waals surface area (Å²) in [5, 5.41) is 0. The molecule has 5 rings (SSSR count). The molecule has 3 heterocycles. The lowest BCUT2D eigenvalue weighted by Gasteiger charge is -2.28. The lowest BCUT2D eigenvalue weighted by atomic mass is 9.98. The first-order valence-electron chi connectivity index (χ1n) is 11.3. The number of methoxy groups -OCH3 is 2. The molecule has 180 valence electrons. The van der Waals surface area contributed by atoms with Crippen LogP contribution in [0.2, 0.25) is 0 Å². The highest BCUT2D eigenvalue weighted by Crippen LogP contribution is 2.34. The Balaban J connectivity index is 0.00000289. The minimum Gasteiger partial charge on any atom is -0.493 e. The van der Waals surface area contributed by atoms with Gasteiger partial charge in [-0.15, -0.1) is 12.4 Å². The number of carbonyl (C=O) groups is 1. The highest BCUT2D eigenvalue weighted by Gasteiger charge is 2.22. The quantitative estimate of drug-likeness (QED) is 0.358. The van der Waals surface area contributed by atoms with Gasteiger partial charge in [0.25, 0.3) is 0 Å². The third kappa shape index (κ3) is 4.49. The Bertz CT molecular complexity index is 1400. The second-order valence-corrected chi connectivity index (χ2v) is 8.38. The van der Waals surface area contributed by atoms with Crippen molar-refractivity contribution in [2.75, 3.05) is 20.8 Å². The summed E-state index contributed by atoms with van der Waals surface area (Å²) >= 11 is 0. The molecule has 1 aliphatic heterocycles. The van der Waals surface area contributed by atoms with Gasteiger partial charge in [-0.1, -0.05) is 30.3 Å². The molecular weight excluding hydrogens is 462 g/mol. The highest BCUT2D eigenvalue weighted by atomic mass is 35.5. The fourth-order valence-corrected chi connectivity index (χ4v) is 4.72. The molecule has 0 bridgehead atoms. The largest absolute Gasteiger partial charge is 0.493 e. The maximum Gasteiger partial charge on any atom is 0.246 e. The van der Waals surface area contributed by atoms with E-state index in [0.29, 0.717) is 18.8 Å². The van der Waals surface area contributed by atoms with E-state index >= 15 is 0 Å². The van der Waals surface area contributed by atoms with Crippen LogP contribution in [0.1, 0.15) is 16.7 Å². The predicted octanol–water partition coefficient (Wildman–Crippen LogP) is 5.28. The lowest BCUT2D eigenvalue weighted by Crippen LogP contribution is -2.34. The Kier molecular flexibility index (Phi) is 7.12. The molecule has 0 saturated heterocycles. The average Bonchev–Trinajstić information content (AvgIpc) is 3.18. The second-order valence-electron chi connectivity index (χ2n) is 8.38. The Labute approximate surface area is 211 Å². The topological polar surface area (TPSA) is 56.6 Å². The number of hydrogen-bond donors (Lipinski definition) is 0. The first-order valence-corrected chi connectivity index (χ1v) is 11.3. The number of carbonyl (C=O) groups excluding carboxylic acids is 1. The van der Waals surface area contributed by atoms with Gasteiger partial charge in [0.1, 0.15) is 0 Å². The number of amides is 1. The number of rotatable bonds is 5. The summed E-state index contributed by atoms with van der Waals surface area (Å²) in [4.78, 5) is 19.7. The smallest absolute Gasteiger partial charge is 0.246 e. The van der Waals surface area contributed by atoms with Crippen LogP contribution in [0, 0.1) is 0 Å². The summed E-state index contributed by atoms with van der Waals surface area (Å²) in [7, 11) is 5.30. The number of hydrogen-bond acceptors (Lipinski definition) is 4. The first kappa shape index (κ1) is 24.4.